The molecular formula is C19H22BrN3O2. The normalized spacial score (nSPS) is 10.8. The van der Waals surface area contributed by atoms with Crippen molar-refractivity contribution in [1.82, 2.24) is 5.43 Å². The molecule has 0 saturated carbocycles. The van der Waals surface area contributed by atoms with Crippen LogP contribution in [-0.4, -0.2) is 25.8 Å². The molecule has 0 heterocycles. The molecule has 2 rings (SSSR count). The summed E-state index contributed by atoms with van der Waals surface area (Å²) in [7, 11) is 1.59. The first-order chi connectivity index (χ1) is 11.9. The summed E-state index contributed by atoms with van der Waals surface area (Å²) in [6, 6.07) is 9.75. The van der Waals surface area contributed by atoms with Crippen LogP contribution in [-0.2, 0) is 4.79 Å². The number of hydrogen-bond acceptors (Lipinski definition) is 4. The average molecular weight is 404 g/mol. The van der Waals surface area contributed by atoms with Crippen LogP contribution < -0.4 is 15.5 Å². The Morgan fingerprint density at radius 1 is 1.20 bits per heavy atom. The van der Waals surface area contributed by atoms with E-state index >= 15 is 0 Å². The van der Waals surface area contributed by atoms with Gasteiger partial charge in [-0.1, -0.05) is 33.6 Å². The Morgan fingerprint density at radius 3 is 2.52 bits per heavy atom. The fourth-order valence-corrected chi connectivity index (χ4v) is 3.03. The summed E-state index contributed by atoms with van der Waals surface area (Å²) in [5, 5.41) is 7.17. The van der Waals surface area contributed by atoms with Gasteiger partial charge in [-0.15, -0.1) is 0 Å². The number of ether oxygens (including phenoxy) is 1. The summed E-state index contributed by atoms with van der Waals surface area (Å²) in [5.74, 6) is 0.467. The second-order valence-corrected chi connectivity index (χ2v) is 6.72. The van der Waals surface area contributed by atoms with E-state index in [1.54, 1.807) is 13.3 Å². The Bertz CT molecular complexity index is 780. The molecule has 0 atom stereocenters. The molecule has 2 aromatic rings. The second kappa shape index (κ2) is 8.67. The molecule has 2 N–H and O–H groups in total. The first-order valence-corrected chi connectivity index (χ1v) is 8.67. The zero-order valence-corrected chi connectivity index (χ0v) is 16.4. The highest BCUT2D eigenvalue weighted by atomic mass is 79.9. The van der Waals surface area contributed by atoms with E-state index in [1.165, 1.54) is 5.56 Å². The van der Waals surface area contributed by atoms with E-state index in [9.17, 15) is 4.79 Å². The maximum absolute atomic E-state index is 12.0. The van der Waals surface area contributed by atoms with Gasteiger partial charge in [-0.3, -0.25) is 4.79 Å². The lowest BCUT2D eigenvalue weighted by Crippen LogP contribution is -2.26. The highest BCUT2D eigenvalue weighted by Crippen LogP contribution is 2.22. The Hall–Kier alpha value is -2.34. The van der Waals surface area contributed by atoms with Gasteiger partial charge >= 0.3 is 0 Å². The minimum atomic E-state index is -0.218. The second-order valence-electron chi connectivity index (χ2n) is 5.81. The number of benzene rings is 2. The summed E-state index contributed by atoms with van der Waals surface area (Å²) in [6.07, 6.45) is 1.56. The third-order valence-corrected chi connectivity index (χ3v) is 4.18. The average Bonchev–Trinajstić information content (AvgIpc) is 2.54. The van der Waals surface area contributed by atoms with Crippen molar-refractivity contribution in [2.24, 2.45) is 5.10 Å². The van der Waals surface area contributed by atoms with Crippen molar-refractivity contribution >= 4 is 33.7 Å². The zero-order valence-electron chi connectivity index (χ0n) is 14.8. The van der Waals surface area contributed by atoms with E-state index in [2.05, 4.69) is 50.8 Å². The van der Waals surface area contributed by atoms with E-state index in [4.69, 9.17) is 4.74 Å². The number of methoxy groups -OCH3 is 1. The SMILES string of the molecule is COc1ccc(Br)cc1/C=N\NC(=O)CNc1c(C)cc(C)cc1C. The van der Waals surface area contributed by atoms with Crippen LogP contribution in [0.15, 0.2) is 39.9 Å². The summed E-state index contributed by atoms with van der Waals surface area (Å²) in [4.78, 5) is 12.0. The summed E-state index contributed by atoms with van der Waals surface area (Å²) >= 11 is 3.40. The predicted molar refractivity (Wildman–Crippen MR) is 106 cm³/mol. The van der Waals surface area contributed by atoms with Gasteiger partial charge in [0.1, 0.15) is 5.75 Å². The molecule has 0 aliphatic rings. The van der Waals surface area contributed by atoms with Gasteiger partial charge in [0, 0.05) is 15.7 Å². The van der Waals surface area contributed by atoms with Gasteiger partial charge in [-0.25, -0.2) is 5.43 Å². The quantitative estimate of drug-likeness (QED) is 0.566. The molecule has 0 aliphatic heterocycles. The summed E-state index contributed by atoms with van der Waals surface area (Å²) in [5.41, 5.74) is 7.72. The van der Waals surface area contributed by atoms with Crippen molar-refractivity contribution in [1.29, 1.82) is 0 Å². The molecule has 0 unspecified atom stereocenters. The standard InChI is InChI=1S/C19H22BrN3O2/c1-12-7-13(2)19(14(3)8-12)21-11-18(24)23-22-10-15-9-16(20)5-6-17(15)25-4/h5-10,21H,11H2,1-4H3,(H,23,24)/b22-10-. The number of halogens is 1. The molecule has 1 amide bonds. The van der Waals surface area contributed by atoms with Crippen molar-refractivity contribution in [2.45, 2.75) is 20.8 Å². The highest BCUT2D eigenvalue weighted by molar-refractivity contribution is 9.10. The molecular weight excluding hydrogens is 382 g/mol. The molecule has 0 fully saturated rings. The van der Waals surface area contributed by atoms with Crippen LogP contribution in [0.25, 0.3) is 0 Å². The van der Waals surface area contributed by atoms with E-state index in [0.29, 0.717) is 5.75 Å². The lowest BCUT2D eigenvalue weighted by molar-refractivity contribution is -0.119. The number of hydrogen-bond donors (Lipinski definition) is 2. The molecule has 0 saturated heterocycles. The molecule has 0 aliphatic carbocycles. The number of nitrogens with one attached hydrogen (secondary N) is 2. The number of hydrazone groups is 1. The number of anilines is 1. The molecule has 2 aromatic carbocycles. The number of nitrogens with zero attached hydrogens (tertiary/aromatic N) is 1. The van der Waals surface area contributed by atoms with Gasteiger partial charge in [0.2, 0.25) is 0 Å². The van der Waals surface area contributed by atoms with Crippen LogP contribution >= 0.6 is 15.9 Å². The third kappa shape index (κ3) is 5.32. The maximum Gasteiger partial charge on any atom is 0.259 e. The van der Waals surface area contributed by atoms with Crippen LogP contribution in [0.1, 0.15) is 22.3 Å². The Labute approximate surface area is 156 Å². The van der Waals surface area contributed by atoms with Crippen molar-refractivity contribution in [3.8, 4) is 5.75 Å². The topological polar surface area (TPSA) is 62.7 Å². The van der Waals surface area contributed by atoms with Gasteiger partial charge in [-0.2, -0.15) is 5.10 Å². The van der Waals surface area contributed by atoms with E-state index in [1.807, 2.05) is 32.0 Å². The van der Waals surface area contributed by atoms with Crippen LogP contribution in [0.4, 0.5) is 5.69 Å². The Morgan fingerprint density at radius 2 is 1.88 bits per heavy atom. The van der Waals surface area contributed by atoms with Crippen LogP contribution in [0.3, 0.4) is 0 Å². The largest absolute Gasteiger partial charge is 0.496 e. The van der Waals surface area contributed by atoms with Crippen molar-refractivity contribution in [2.75, 3.05) is 19.0 Å². The van der Waals surface area contributed by atoms with Crippen molar-refractivity contribution in [3.05, 3.63) is 57.1 Å². The molecule has 6 heteroatoms. The van der Waals surface area contributed by atoms with E-state index < -0.39 is 0 Å². The number of amides is 1. The number of carbonyl (C=O) groups is 1. The van der Waals surface area contributed by atoms with Crippen LogP contribution in [0.5, 0.6) is 5.75 Å². The van der Waals surface area contributed by atoms with E-state index in [-0.39, 0.29) is 12.5 Å². The molecule has 0 bridgehead atoms. The first kappa shape index (κ1) is 19.0. The third-order valence-electron chi connectivity index (χ3n) is 3.69. The lowest BCUT2D eigenvalue weighted by atomic mass is 10.1. The minimum absolute atomic E-state index is 0.150. The van der Waals surface area contributed by atoms with Gasteiger partial charge < -0.3 is 10.1 Å². The Balaban J connectivity index is 1.94. The number of carbonyl (C=O) groups excluding carboxylic acids is 1. The van der Waals surface area contributed by atoms with Gasteiger partial charge in [0.05, 0.1) is 19.9 Å². The fourth-order valence-electron chi connectivity index (χ4n) is 2.65. The molecule has 0 aromatic heterocycles. The van der Waals surface area contributed by atoms with Crippen molar-refractivity contribution in [3.63, 3.8) is 0 Å². The van der Waals surface area contributed by atoms with Gasteiger partial charge in [-0.05, 0) is 50.1 Å². The zero-order chi connectivity index (χ0) is 18.4. The van der Waals surface area contributed by atoms with Crippen molar-refractivity contribution < 1.29 is 9.53 Å². The monoisotopic (exact) mass is 403 g/mol. The van der Waals surface area contributed by atoms with Gasteiger partial charge in [0.25, 0.3) is 5.91 Å². The van der Waals surface area contributed by atoms with Crippen LogP contribution in [0.2, 0.25) is 0 Å². The van der Waals surface area contributed by atoms with Gasteiger partial charge in [0.15, 0.2) is 0 Å². The lowest BCUT2D eigenvalue weighted by Gasteiger charge is -2.13. The summed E-state index contributed by atoms with van der Waals surface area (Å²) in [6.45, 7) is 6.26. The minimum Gasteiger partial charge on any atom is -0.496 e. The molecule has 132 valence electrons. The molecule has 5 nitrogen and oxygen atoms in total. The maximum atomic E-state index is 12.0. The highest BCUT2D eigenvalue weighted by Gasteiger charge is 2.06. The smallest absolute Gasteiger partial charge is 0.259 e. The fraction of sp³-hybridized carbons (Fsp3) is 0.263. The first-order valence-electron chi connectivity index (χ1n) is 7.88. The van der Waals surface area contributed by atoms with Crippen LogP contribution in [0, 0.1) is 20.8 Å². The molecule has 0 spiro atoms. The van der Waals surface area contributed by atoms with E-state index in [0.717, 1.165) is 26.9 Å². The molecule has 0 radical (unpaired) electrons. The number of aryl methyl sites for hydroxylation is 3. The predicted octanol–water partition coefficient (Wildman–Crippen LogP) is 3.95. The number of rotatable bonds is 6. The molecule has 25 heavy (non-hydrogen) atoms. The summed E-state index contributed by atoms with van der Waals surface area (Å²) < 4.78 is 6.17. The Kier molecular flexibility index (Phi) is 6.58.